The van der Waals surface area contributed by atoms with Crippen molar-refractivity contribution in [2.24, 2.45) is 5.73 Å². The summed E-state index contributed by atoms with van der Waals surface area (Å²) in [5.41, 5.74) is 5.01. The Balaban J connectivity index is 3.22. The van der Waals surface area contributed by atoms with E-state index in [0.29, 0.717) is 11.3 Å². The number of nitrogens with one attached hydrogen (secondary N) is 1. The number of urea groups is 1. The number of nitrogens with two attached hydrogens (primary N) is 1. The fraction of sp³-hybridized carbons (Fsp3) is 0. The van der Waals surface area contributed by atoms with Crippen LogP contribution in [-0.2, 0) is 10.0 Å². The number of sulfonamides is 1. The lowest BCUT2D eigenvalue weighted by molar-refractivity contribution is 0.0687. The van der Waals surface area contributed by atoms with Gasteiger partial charge >= 0.3 is 12.0 Å². The molecule has 1 aromatic heterocycles. The maximum Gasteiger partial charge on any atom is 0.356 e. The van der Waals surface area contributed by atoms with Crippen LogP contribution in [0.1, 0.15) is 10.5 Å². The molecule has 0 spiro atoms. The lowest BCUT2D eigenvalue weighted by Crippen LogP contribution is -2.35. The first-order valence-electron chi connectivity index (χ1n) is 3.33. The minimum atomic E-state index is -4.24. The van der Waals surface area contributed by atoms with Crippen LogP contribution in [0.5, 0.6) is 0 Å². The molecule has 15 heavy (non-hydrogen) atoms. The summed E-state index contributed by atoms with van der Waals surface area (Å²) in [7, 11) is -4.24. The molecule has 0 unspecified atom stereocenters. The summed E-state index contributed by atoms with van der Waals surface area (Å²) in [6.45, 7) is 0. The summed E-state index contributed by atoms with van der Waals surface area (Å²) in [6.07, 6.45) is 0. The molecule has 8 nitrogen and oxygen atoms in total. The lowest BCUT2D eigenvalue weighted by Gasteiger charge is -2.01. The van der Waals surface area contributed by atoms with Crippen LogP contribution in [0.25, 0.3) is 0 Å². The van der Waals surface area contributed by atoms with Gasteiger partial charge in [0.15, 0.2) is 9.90 Å². The van der Waals surface area contributed by atoms with E-state index in [2.05, 4.69) is 10.7 Å². The fourth-order valence-electron chi connectivity index (χ4n) is 0.747. The molecule has 1 aromatic rings. The molecular weight excluding hydrogens is 246 g/mol. The Kier molecular flexibility index (Phi) is 2.90. The maximum absolute atomic E-state index is 11.3. The Bertz CT molecular complexity index is 504. The number of aromatic nitrogens is 1. The highest BCUT2D eigenvalue weighted by molar-refractivity contribution is 7.92. The zero-order valence-electron chi connectivity index (χ0n) is 7.00. The normalized spacial score (nSPS) is 10.9. The van der Waals surface area contributed by atoms with Gasteiger partial charge < -0.3 is 10.8 Å². The highest BCUT2D eigenvalue weighted by Crippen LogP contribution is 2.19. The van der Waals surface area contributed by atoms with Crippen LogP contribution < -0.4 is 10.5 Å². The van der Waals surface area contributed by atoms with Crippen LogP contribution in [0, 0.1) is 0 Å². The quantitative estimate of drug-likeness (QED) is 0.642. The van der Waals surface area contributed by atoms with E-state index in [0.717, 1.165) is 5.51 Å². The van der Waals surface area contributed by atoms with E-state index in [1.54, 1.807) is 0 Å². The Hall–Kier alpha value is -1.68. The van der Waals surface area contributed by atoms with Crippen LogP contribution in [0.4, 0.5) is 4.79 Å². The Labute approximate surface area is 87.8 Å². The summed E-state index contributed by atoms with van der Waals surface area (Å²) in [4.78, 5) is 24.2. The molecule has 0 fully saturated rings. The number of carbonyl (C=O) groups excluding carboxylic acids is 1. The molecule has 2 amide bonds. The highest BCUT2D eigenvalue weighted by atomic mass is 32.2. The number of aromatic carboxylic acids is 1. The van der Waals surface area contributed by atoms with Crippen molar-refractivity contribution in [3.8, 4) is 0 Å². The molecule has 0 atom stereocenters. The van der Waals surface area contributed by atoms with E-state index in [1.165, 1.54) is 4.72 Å². The number of nitrogens with zero attached hydrogens (tertiary/aromatic N) is 1. The maximum atomic E-state index is 11.3. The van der Waals surface area contributed by atoms with Crippen molar-refractivity contribution in [3.05, 3.63) is 11.2 Å². The monoisotopic (exact) mass is 251 g/mol. The van der Waals surface area contributed by atoms with Gasteiger partial charge in [-0.2, -0.15) is 0 Å². The second kappa shape index (κ2) is 3.82. The zero-order valence-corrected chi connectivity index (χ0v) is 8.63. The molecular formula is C5H5N3O5S2. The molecule has 0 aliphatic rings. The molecule has 1 heterocycles. The van der Waals surface area contributed by atoms with Crippen molar-refractivity contribution in [1.29, 1.82) is 0 Å². The van der Waals surface area contributed by atoms with E-state index in [4.69, 9.17) is 5.11 Å². The Morgan fingerprint density at radius 3 is 2.60 bits per heavy atom. The standard InChI is InChI=1S/C5H5N3O5S2/c6-5(11)8-15(12,13)4-2(3(9)10)7-1-14-4/h1H,(H,9,10)(H3,6,8,11). The summed E-state index contributed by atoms with van der Waals surface area (Å²) in [5, 5.41) is 8.59. The number of primary amides is 1. The number of thiazole rings is 1. The Morgan fingerprint density at radius 1 is 1.53 bits per heavy atom. The number of hydrogen-bond donors (Lipinski definition) is 3. The average molecular weight is 251 g/mol. The SMILES string of the molecule is NC(=O)NS(=O)(=O)c1scnc1C(=O)O. The topological polar surface area (TPSA) is 139 Å². The van der Waals surface area contributed by atoms with Gasteiger partial charge in [-0.15, -0.1) is 11.3 Å². The van der Waals surface area contributed by atoms with Gasteiger partial charge in [0.2, 0.25) is 0 Å². The molecule has 0 aliphatic carbocycles. The van der Waals surface area contributed by atoms with Crippen molar-refractivity contribution in [1.82, 2.24) is 9.71 Å². The summed E-state index contributed by atoms with van der Waals surface area (Å²) in [6, 6.07) is -1.29. The van der Waals surface area contributed by atoms with E-state index in [-0.39, 0.29) is 0 Å². The summed E-state index contributed by atoms with van der Waals surface area (Å²) < 4.78 is 23.5. The smallest absolute Gasteiger partial charge is 0.356 e. The van der Waals surface area contributed by atoms with Crippen molar-refractivity contribution < 1.29 is 23.1 Å². The first-order valence-corrected chi connectivity index (χ1v) is 5.70. The van der Waals surface area contributed by atoms with Gasteiger partial charge in [0.1, 0.15) is 0 Å². The Morgan fingerprint density at radius 2 is 2.13 bits per heavy atom. The third-order valence-corrected chi connectivity index (χ3v) is 3.93. The van der Waals surface area contributed by atoms with Crippen molar-refractivity contribution in [3.63, 3.8) is 0 Å². The van der Waals surface area contributed by atoms with Gasteiger partial charge in [-0.05, 0) is 0 Å². The van der Waals surface area contributed by atoms with Crippen molar-refractivity contribution in [2.45, 2.75) is 4.21 Å². The molecule has 0 saturated heterocycles. The number of amides is 2. The molecule has 0 bridgehead atoms. The summed E-state index contributed by atoms with van der Waals surface area (Å²) in [5.74, 6) is -1.50. The first kappa shape index (κ1) is 11.4. The number of carboxylic acids is 1. The van der Waals surface area contributed by atoms with Gasteiger partial charge in [-0.1, -0.05) is 0 Å². The number of carbonyl (C=O) groups is 2. The molecule has 0 radical (unpaired) electrons. The largest absolute Gasteiger partial charge is 0.476 e. The van der Waals surface area contributed by atoms with Crippen molar-refractivity contribution >= 4 is 33.4 Å². The fourth-order valence-corrected chi connectivity index (χ4v) is 2.77. The zero-order chi connectivity index (χ0) is 11.6. The molecule has 10 heteroatoms. The van der Waals surface area contributed by atoms with Crippen LogP contribution in [0.3, 0.4) is 0 Å². The average Bonchev–Trinajstić information content (AvgIpc) is 2.48. The van der Waals surface area contributed by atoms with Crippen LogP contribution >= 0.6 is 11.3 Å². The minimum Gasteiger partial charge on any atom is -0.476 e. The van der Waals surface area contributed by atoms with Gasteiger partial charge in [0, 0.05) is 0 Å². The van der Waals surface area contributed by atoms with Crippen LogP contribution in [0.15, 0.2) is 9.72 Å². The molecule has 4 N–H and O–H groups in total. The lowest BCUT2D eigenvalue weighted by atomic mass is 10.5. The summed E-state index contributed by atoms with van der Waals surface area (Å²) >= 11 is 0.577. The highest BCUT2D eigenvalue weighted by Gasteiger charge is 2.26. The molecule has 0 aliphatic heterocycles. The van der Waals surface area contributed by atoms with E-state index < -0.39 is 31.9 Å². The molecule has 0 saturated carbocycles. The number of rotatable bonds is 3. The molecule has 0 aromatic carbocycles. The first-order chi connectivity index (χ1) is 6.84. The van der Waals surface area contributed by atoms with Gasteiger partial charge in [0.25, 0.3) is 10.0 Å². The second-order valence-electron chi connectivity index (χ2n) is 2.26. The second-order valence-corrected chi connectivity index (χ2v) is 5.00. The van der Waals surface area contributed by atoms with Crippen LogP contribution in [0.2, 0.25) is 0 Å². The van der Waals surface area contributed by atoms with E-state index in [9.17, 15) is 18.0 Å². The van der Waals surface area contributed by atoms with E-state index >= 15 is 0 Å². The predicted molar refractivity (Wildman–Crippen MR) is 49.0 cm³/mol. The minimum absolute atomic E-state index is 0.561. The molecule has 82 valence electrons. The molecule has 1 rings (SSSR count). The predicted octanol–water partition coefficient (Wildman–Crippen LogP) is -0.802. The number of carboxylic acid groups (broad SMARTS) is 1. The van der Waals surface area contributed by atoms with Crippen molar-refractivity contribution in [2.75, 3.05) is 0 Å². The third kappa shape index (κ3) is 2.41. The third-order valence-electron chi connectivity index (χ3n) is 1.22. The van der Waals surface area contributed by atoms with Gasteiger partial charge in [0.05, 0.1) is 5.51 Å². The van der Waals surface area contributed by atoms with E-state index in [1.807, 2.05) is 0 Å². The van der Waals surface area contributed by atoms with Gasteiger partial charge in [-0.3, -0.25) is 0 Å². The number of hydrogen-bond acceptors (Lipinski definition) is 6. The van der Waals surface area contributed by atoms with Gasteiger partial charge in [-0.25, -0.2) is 27.7 Å². The van der Waals surface area contributed by atoms with Crippen LogP contribution in [-0.4, -0.2) is 30.5 Å².